The summed E-state index contributed by atoms with van der Waals surface area (Å²) in [5.41, 5.74) is -0.0117. The maximum Gasteiger partial charge on any atom is 0.375 e. The first kappa shape index (κ1) is 18.2. The van der Waals surface area contributed by atoms with E-state index in [1.165, 1.54) is 6.42 Å². The minimum atomic E-state index is -0.939. The van der Waals surface area contributed by atoms with Crippen molar-refractivity contribution in [2.75, 3.05) is 7.05 Å². The number of carbonyl (C=O) groups excluding carboxylic acids is 2. The second-order valence-corrected chi connectivity index (χ2v) is 6.76. The Morgan fingerprint density at radius 3 is 2.62 bits per heavy atom. The molecule has 1 aliphatic carbocycles. The van der Waals surface area contributed by atoms with Crippen LogP contribution in [-0.2, 0) is 9.53 Å². The van der Waals surface area contributed by atoms with Crippen molar-refractivity contribution in [3.05, 3.63) is 46.3 Å². The van der Waals surface area contributed by atoms with E-state index >= 15 is 0 Å². The Hall–Kier alpha value is -2.63. The third kappa shape index (κ3) is 3.79. The molecule has 0 saturated heterocycles. The first-order valence-corrected chi connectivity index (χ1v) is 8.98. The van der Waals surface area contributed by atoms with Gasteiger partial charge in [0.1, 0.15) is 5.58 Å². The molecule has 1 heterocycles. The summed E-state index contributed by atoms with van der Waals surface area (Å²) < 4.78 is 10.7. The summed E-state index contributed by atoms with van der Waals surface area (Å²) in [5, 5.41) is 0.394. The van der Waals surface area contributed by atoms with Crippen LogP contribution in [0.5, 0.6) is 0 Å². The second-order valence-electron chi connectivity index (χ2n) is 6.76. The van der Waals surface area contributed by atoms with Gasteiger partial charge in [0.2, 0.25) is 5.76 Å². The zero-order chi connectivity index (χ0) is 18.7. The molecule has 1 aliphatic rings. The van der Waals surface area contributed by atoms with Crippen LogP contribution >= 0.6 is 0 Å². The molecule has 2 aromatic rings. The van der Waals surface area contributed by atoms with Crippen molar-refractivity contribution in [2.45, 2.75) is 51.2 Å². The zero-order valence-corrected chi connectivity index (χ0v) is 15.1. The van der Waals surface area contributed by atoms with E-state index in [4.69, 9.17) is 9.15 Å². The van der Waals surface area contributed by atoms with Gasteiger partial charge in [-0.1, -0.05) is 31.4 Å². The van der Waals surface area contributed by atoms with Crippen LogP contribution in [-0.4, -0.2) is 36.0 Å². The minimum Gasteiger partial charge on any atom is -0.449 e. The maximum absolute atomic E-state index is 12.5. The molecule has 3 rings (SSSR count). The molecule has 1 amide bonds. The lowest BCUT2D eigenvalue weighted by atomic mass is 9.94. The van der Waals surface area contributed by atoms with Crippen LogP contribution in [0, 0.1) is 0 Å². The smallest absolute Gasteiger partial charge is 0.375 e. The summed E-state index contributed by atoms with van der Waals surface area (Å²) in [5.74, 6) is -1.26. The Balaban J connectivity index is 1.70. The molecule has 0 unspecified atom stereocenters. The number of ether oxygens (including phenoxy) is 1. The third-order valence-electron chi connectivity index (χ3n) is 4.94. The normalized spacial score (nSPS) is 16.2. The number of nitrogens with zero attached hydrogens (tertiary/aromatic N) is 1. The number of fused-ring (bicyclic) bond motifs is 1. The Kier molecular flexibility index (Phi) is 5.40. The number of esters is 1. The van der Waals surface area contributed by atoms with Gasteiger partial charge >= 0.3 is 5.97 Å². The Bertz CT molecular complexity index is 866. The van der Waals surface area contributed by atoms with Crippen LogP contribution in [0.1, 0.15) is 49.6 Å². The largest absolute Gasteiger partial charge is 0.449 e. The Labute approximate surface area is 151 Å². The molecule has 138 valence electrons. The molecule has 0 aliphatic heterocycles. The number of hydrogen-bond donors (Lipinski definition) is 0. The molecule has 6 heteroatoms. The lowest BCUT2D eigenvalue weighted by Gasteiger charge is -2.32. The topological polar surface area (TPSA) is 76.8 Å². The van der Waals surface area contributed by atoms with Crippen molar-refractivity contribution in [2.24, 2.45) is 0 Å². The highest BCUT2D eigenvalue weighted by Crippen LogP contribution is 2.22. The molecule has 6 nitrogen and oxygen atoms in total. The minimum absolute atomic E-state index is 0.191. The van der Waals surface area contributed by atoms with Gasteiger partial charge in [-0.3, -0.25) is 9.59 Å². The summed E-state index contributed by atoms with van der Waals surface area (Å²) >= 11 is 0. The number of likely N-dealkylation sites (N-methyl/N-ethyl adjacent to an activating group) is 1. The summed E-state index contributed by atoms with van der Waals surface area (Å²) in [6.45, 7) is 1.54. The van der Waals surface area contributed by atoms with E-state index < -0.39 is 12.1 Å². The molecule has 26 heavy (non-hydrogen) atoms. The van der Waals surface area contributed by atoms with Gasteiger partial charge in [-0.25, -0.2) is 4.79 Å². The third-order valence-corrected chi connectivity index (χ3v) is 4.94. The van der Waals surface area contributed by atoms with Gasteiger partial charge in [0.15, 0.2) is 11.5 Å². The summed E-state index contributed by atoms with van der Waals surface area (Å²) in [6, 6.07) is 7.97. The number of carbonyl (C=O) groups is 2. The van der Waals surface area contributed by atoms with E-state index in [0.717, 1.165) is 31.7 Å². The highest BCUT2D eigenvalue weighted by molar-refractivity contribution is 5.91. The number of para-hydroxylation sites is 1. The van der Waals surface area contributed by atoms with Gasteiger partial charge in [0.05, 0.1) is 5.39 Å². The highest BCUT2D eigenvalue weighted by Gasteiger charge is 2.28. The first-order chi connectivity index (χ1) is 12.5. The fourth-order valence-electron chi connectivity index (χ4n) is 3.41. The van der Waals surface area contributed by atoms with Crippen LogP contribution in [0.2, 0.25) is 0 Å². The van der Waals surface area contributed by atoms with E-state index in [2.05, 4.69) is 0 Å². The van der Waals surface area contributed by atoms with Crippen LogP contribution in [0.15, 0.2) is 39.5 Å². The lowest BCUT2D eigenvalue weighted by Crippen LogP contribution is -2.44. The molecule has 1 saturated carbocycles. The number of hydrogen-bond acceptors (Lipinski definition) is 5. The lowest BCUT2D eigenvalue weighted by molar-refractivity contribution is -0.141. The van der Waals surface area contributed by atoms with E-state index in [-0.39, 0.29) is 23.1 Å². The average Bonchev–Trinajstić information content (AvgIpc) is 2.67. The van der Waals surface area contributed by atoms with Gasteiger partial charge < -0.3 is 14.1 Å². The molecular formula is C20H23NO5. The van der Waals surface area contributed by atoms with Gasteiger partial charge in [-0.2, -0.15) is 0 Å². The van der Waals surface area contributed by atoms with Crippen molar-refractivity contribution in [1.82, 2.24) is 4.90 Å². The molecule has 1 atom stereocenters. The molecular weight excluding hydrogens is 334 g/mol. The second kappa shape index (κ2) is 7.72. The molecule has 1 aromatic carbocycles. The van der Waals surface area contributed by atoms with E-state index in [1.54, 1.807) is 43.1 Å². The van der Waals surface area contributed by atoms with Crippen molar-refractivity contribution in [1.29, 1.82) is 0 Å². The van der Waals surface area contributed by atoms with Gasteiger partial charge in [-0.05, 0) is 31.9 Å². The van der Waals surface area contributed by atoms with Gasteiger partial charge in [0, 0.05) is 19.2 Å². The monoisotopic (exact) mass is 357 g/mol. The summed E-state index contributed by atoms with van der Waals surface area (Å²) in [4.78, 5) is 38.6. The number of amides is 1. The van der Waals surface area contributed by atoms with Crippen LogP contribution in [0.3, 0.4) is 0 Å². The zero-order valence-electron chi connectivity index (χ0n) is 15.1. The highest BCUT2D eigenvalue weighted by atomic mass is 16.6. The molecule has 0 N–H and O–H groups in total. The SMILES string of the molecule is C[C@H](OC(=O)c1cc(=O)c2ccccc2o1)C(=O)N(C)C1CCCCC1. The fraction of sp³-hybridized carbons (Fsp3) is 0.450. The maximum atomic E-state index is 12.5. The van der Waals surface area contributed by atoms with Gasteiger partial charge in [-0.15, -0.1) is 0 Å². The van der Waals surface area contributed by atoms with Crippen LogP contribution in [0.25, 0.3) is 11.0 Å². The molecule has 1 aromatic heterocycles. The molecule has 0 bridgehead atoms. The fourth-order valence-corrected chi connectivity index (χ4v) is 3.41. The predicted octanol–water partition coefficient (Wildman–Crippen LogP) is 3.13. The van der Waals surface area contributed by atoms with Gasteiger partial charge in [0.25, 0.3) is 5.91 Å². The van der Waals surface area contributed by atoms with Crippen molar-refractivity contribution in [3.63, 3.8) is 0 Å². The van der Waals surface area contributed by atoms with Crippen LogP contribution < -0.4 is 5.43 Å². The van der Waals surface area contributed by atoms with Crippen molar-refractivity contribution < 1.29 is 18.7 Å². The Morgan fingerprint density at radius 1 is 1.19 bits per heavy atom. The van der Waals surface area contributed by atoms with E-state index in [9.17, 15) is 14.4 Å². The average molecular weight is 357 g/mol. The molecule has 1 fully saturated rings. The molecule has 0 spiro atoms. The van der Waals surface area contributed by atoms with Crippen molar-refractivity contribution in [3.8, 4) is 0 Å². The van der Waals surface area contributed by atoms with Crippen LogP contribution in [0.4, 0.5) is 0 Å². The molecule has 0 radical (unpaired) electrons. The van der Waals surface area contributed by atoms with E-state index in [1.807, 2.05) is 0 Å². The summed E-state index contributed by atoms with van der Waals surface area (Å²) in [6.07, 6.45) is 4.43. The number of benzene rings is 1. The quantitative estimate of drug-likeness (QED) is 0.786. The Morgan fingerprint density at radius 2 is 1.88 bits per heavy atom. The van der Waals surface area contributed by atoms with Crippen molar-refractivity contribution >= 4 is 22.8 Å². The summed E-state index contributed by atoms with van der Waals surface area (Å²) in [7, 11) is 1.75. The van der Waals surface area contributed by atoms with E-state index in [0.29, 0.717) is 11.0 Å². The first-order valence-electron chi connectivity index (χ1n) is 8.98. The number of rotatable bonds is 4. The standard InChI is InChI=1S/C20H23NO5/c1-13(19(23)21(2)14-8-4-3-5-9-14)25-20(24)18-12-16(22)15-10-6-7-11-17(15)26-18/h6-7,10-14H,3-5,8-9H2,1-2H3/t13-/m0/s1. The predicted molar refractivity (Wildman–Crippen MR) is 97.0 cm³/mol.